The van der Waals surface area contributed by atoms with E-state index in [0.717, 1.165) is 0 Å². The molecule has 2 aliphatic rings. The molecule has 0 radical (unpaired) electrons. The van der Waals surface area contributed by atoms with Gasteiger partial charge in [-0.3, -0.25) is 0 Å². The Hall–Kier alpha value is -1.07. The van der Waals surface area contributed by atoms with E-state index in [1.165, 1.54) is 25.0 Å². The van der Waals surface area contributed by atoms with Crippen molar-refractivity contribution in [2.75, 3.05) is 6.61 Å². The van der Waals surface area contributed by atoms with Crippen LogP contribution in [0.15, 0.2) is 18.2 Å². The maximum atomic E-state index is 13.8. The van der Waals surface area contributed by atoms with Gasteiger partial charge in [-0.2, -0.15) is 0 Å². The highest BCUT2D eigenvalue weighted by molar-refractivity contribution is 6.62. The van der Waals surface area contributed by atoms with E-state index >= 15 is 0 Å². The molecule has 1 saturated heterocycles. The molecule has 1 saturated carbocycles. The van der Waals surface area contributed by atoms with E-state index in [0.29, 0.717) is 23.7 Å². The molecule has 1 aliphatic heterocycles. The quantitative estimate of drug-likeness (QED) is 0.799. The second kappa shape index (κ2) is 4.99. The van der Waals surface area contributed by atoms with Crippen LogP contribution in [-0.4, -0.2) is 24.9 Å². The number of benzene rings is 1. The first-order chi connectivity index (χ1) is 9.77. The van der Waals surface area contributed by atoms with Crippen molar-refractivity contribution in [3.05, 3.63) is 24.0 Å². The van der Waals surface area contributed by atoms with Gasteiger partial charge >= 0.3 is 7.12 Å². The third kappa shape index (κ3) is 3.09. The van der Waals surface area contributed by atoms with Crippen LogP contribution < -0.4 is 10.2 Å². The van der Waals surface area contributed by atoms with Crippen LogP contribution >= 0.6 is 0 Å². The Kier molecular flexibility index (Phi) is 3.53. The summed E-state index contributed by atoms with van der Waals surface area (Å²) >= 11 is 0. The van der Waals surface area contributed by atoms with Crippen molar-refractivity contribution < 1.29 is 18.4 Å². The predicted molar refractivity (Wildman–Crippen MR) is 80.3 cm³/mol. The van der Waals surface area contributed by atoms with Gasteiger partial charge in [0.25, 0.3) is 0 Å². The van der Waals surface area contributed by atoms with Crippen LogP contribution in [0.2, 0.25) is 0 Å². The second-order valence-corrected chi connectivity index (χ2v) is 7.06. The number of halogens is 1. The molecule has 0 aromatic heterocycles. The van der Waals surface area contributed by atoms with Gasteiger partial charge in [-0.05, 0) is 64.1 Å². The molecule has 3 nitrogen and oxygen atoms in total. The molecule has 2 fully saturated rings. The molecular formula is C16H22BFO3. The standard InChI is InChI=1S/C16H22BFO3/c1-15(2)16(3,4)21-17(20-15)12-7-13(18)9-14(8-12)19-10-11-5-6-11/h7-9,11H,5-6,10H2,1-4H3. The first-order valence-electron chi connectivity index (χ1n) is 7.56. The largest absolute Gasteiger partial charge is 0.495 e. The highest BCUT2D eigenvalue weighted by Gasteiger charge is 2.51. The monoisotopic (exact) mass is 292 g/mol. The van der Waals surface area contributed by atoms with Gasteiger partial charge < -0.3 is 14.0 Å². The Morgan fingerprint density at radius 3 is 2.33 bits per heavy atom. The molecule has 1 aromatic rings. The van der Waals surface area contributed by atoms with Gasteiger partial charge in [-0.25, -0.2) is 4.39 Å². The van der Waals surface area contributed by atoms with Gasteiger partial charge in [0.1, 0.15) is 11.6 Å². The van der Waals surface area contributed by atoms with Gasteiger partial charge in [0.05, 0.1) is 17.8 Å². The van der Waals surface area contributed by atoms with Gasteiger partial charge in [0.15, 0.2) is 0 Å². The van der Waals surface area contributed by atoms with Crippen molar-refractivity contribution >= 4 is 12.6 Å². The molecular weight excluding hydrogens is 270 g/mol. The van der Waals surface area contributed by atoms with Crippen molar-refractivity contribution in [3.63, 3.8) is 0 Å². The van der Waals surface area contributed by atoms with Gasteiger partial charge in [-0.15, -0.1) is 0 Å². The van der Waals surface area contributed by atoms with Crippen molar-refractivity contribution in [3.8, 4) is 5.75 Å². The van der Waals surface area contributed by atoms with Crippen LogP contribution in [0.3, 0.4) is 0 Å². The normalized spacial score (nSPS) is 23.4. The fourth-order valence-electron chi connectivity index (χ4n) is 2.28. The molecule has 1 aromatic carbocycles. The molecule has 1 heterocycles. The summed E-state index contributed by atoms with van der Waals surface area (Å²) in [6.45, 7) is 8.59. The maximum Gasteiger partial charge on any atom is 0.495 e. The van der Waals surface area contributed by atoms with Crippen LogP contribution in [-0.2, 0) is 9.31 Å². The van der Waals surface area contributed by atoms with Crippen LogP contribution in [0.4, 0.5) is 4.39 Å². The summed E-state index contributed by atoms with van der Waals surface area (Å²) in [4.78, 5) is 0. The number of hydrogen-bond acceptors (Lipinski definition) is 3. The summed E-state index contributed by atoms with van der Waals surface area (Å²) in [5.41, 5.74) is -0.197. The van der Waals surface area contributed by atoms with Crippen molar-refractivity contribution in [1.29, 1.82) is 0 Å². The zero-order valence-corrected chi connectivity index (χ0v) is 13.1. The van der Waals surface area contributed by atoms with E-state index in [4.69, 9.17) is 14.0 Å². The lowest BCUT2D eigenvalue weighted by Crippen LogP contribution is -2.41. The minimum absolute atomic E-state index is 0.326. The first-order valence-corrected chi connectivity index (χ1v) is 7.56. The average molecular weight is 292 g/mol. The summed E-state index contributed by atoms with van der Waals surface area (Å²) in [7, 11) is -0.561. The molecule has 3 rings (SSSR count). The highest BCUT2D eigenvalue weighted by Crippen LogP contribution is 2.36. The van der Waals surface area contributed by atoms with Crippen molar-refractivity contribution in [2.45, 2.75) is 51.7 Å². The lowest BCUT2D eigenvalue weighted by molar-refractivity contribution is 0.00578. The summed E-state index contributed by atoms with van der Waals surface area (Å²) in [6, 6.07) is 4.68. The Morgan fingerprint density at radius 1 is 1.14 bits per heavy atom. The SMILES string of the molecule is CC1(C)OB(c2cc(F)cc(OCC3CC3)c2)OC1(C)C. The molecule has 0 N–H and O–H groups in total. The molecule has 21 heavy (non-hydrogen) atoms. The van der Waals surface area contributed by atoms with Crippen molar-refractivity contribution in [2.24, 2.45) is 5.92 Å². The number of rotatable bonds is 4. The molecule has 5 heteroatoms. The summed E-state index contributed by atoms with van der Waals surface area (Å²) in [5, 5.41) is 0. The minimum Gasteiger partial charge on any atom is -0.493 e. The molecule has 114 valence electrons. The molecule has 0 atom stereocenters. The van der Waals surface area contributed by atoms with Crippen LogP contribution in [0, 0.1) is 11.7 Å². The Bertz CT molecular complexity index is 524. The summed E-state index contributed by atoms with van der Waals surface area (Å²) < 4.78 is 31.4. The highest BCUT2D eigenvalue weighted by atomic mass is 19.1. The van der Waals surface area contributed by atoms with E-state index < -0.39 is 18.3 Å². The molecule has 0 unspecified atom stereocenters. The summed E-state index contributed by atoms with van der Waals surface area (Å²) in [6.07, 6.45) is 2.42. The second-order valence-electron chi connectivity index (χ2n) is 7.06. The van der Waals surface area contributed by atoms with Gasteiger partial charge in [0, 0.05) is 6.07 Å². The van der Waals surface area contributed by atoms with E-state index in [-0.39, 0.29) is 5.82 Å². The smallest absolute Gasteiger partial charge is 0.493 e. The zero-order chi connectivity index (χ0) is 15.3. The van der Waals surface area contributed by atoms with E-state index in [1.54, 1.807) is 0 Å². The first kappa shape index (κ1) is 14.9. The van der Waals surface area contributed by atoms with Crippen molar-refractivity contribution in [1.82, 2.24) is 0 Å². The van der Waals surface area contributed by atoms with Crippen LogP contribution in [0.1, 0.15) is 40.5 Å². The maximum absolute atomic E-state index is 13.8. The molecule has 1 aliphatic carbocycles. The third-order valence-electron chi connectivity index (χ3n) is 4.60. The Morgan fingerprint density at radius 2 is 1.76 bits per heavy atom. The van der Waals surface area contributed by atoms with E-state index in [1.807, 2.05) is 33.8 Å². The average Bonchev–Trinajstić information content (AvgIpc) is 3.14. The topological polar surface area (TPSA) is 27.7 Å². The van der Waals surface area contributed by atoms with Gasteiger partial charge in [-0.1, -0.05) is 0 Å². The fourth-order valence-corrected chi connectivity index (χ4v) is 2.28. The number of hydrogen-bond donors (Lipinski definition) is 0. The van der Waals surface area contributed by atoms with E-state index in [2.05, 4.69) is 0 Å². The lowest BCUT2D eigenvalue weighted by Gasteiger charge is -2.32. The minimum atomic E-state index is -0.561. The molecule has 0 amide bonds. The predicted octanol–water partition coefficient (Wildman–Crippen LogP) is 2.91. The Balaban J connectivity index is 1.78. The number of ether oxygens (including phenoxy) is 1. The molecule has 0 bridgehead atoms. The third-order valence-corrected chi connectivity index (χ3v) is 4.60. The molecule has 0 spiro atoms. The van der Waals surface area contributed by atoms with Crippen LogP contribution in [0.25, 0.3) is 0 Å². The Labute approximate surface area is 125 Å². The lowest BCUT2D eigenvalue weighted by atomic mass is 9.79. The van der Waals surface area contributed by atoms with Gasteiger partial charge in [0.2, 0.25) is 0 Å². The summed E-state index contributed by atoms with van der Waals surface area (Å²) in [5.74, 6) is 0.855. The fraction of sp³-hybridized carbons (Fsp3) is 0.625. The van der Waals surface area contributed by atoms with Crippen LogP contribution in [0.5, 0.6) is 5.75 Å². The zero-order valence-electron chi connectivity index (χ0n) is 13.1. The van der Waals surface area contributed by atoms with E-state index in [9.17, 15) is 4.39 Å².